The lowest BCUT2D eigenvalue weighted by Crippen LogP contribution is -2.00. The number of hydrogen-bond acceptors (Lipinski definition) is 4. The minimum absolute atomic E-state index is 0.101. The van der Waals surface area contributed by atoms with E-state index in [0.717, 1.165) is 16.3 Å². The first-order chi connectivity index (χ1) is 10.6. The number of furan rings is 1. The van der Waals surface area contributed by atoms with Gasteiger partial charge in [0.05, 0.1) is 12.7 Å². The number of aromatic carboxylic acids is 1. The van der Waals surface area contributed by atoms with E-state index < -0.39 is 5.97 Å². The molecule has 0 aliphatic rings. The van der Waals surface area contributed by atoms with Gasteiger partial charge in [0.15, 0.2) is 0 Å². The number of carboxylic acids is 1. The molecule has 1 N–H and O–H groups in total. The summed E-state index contributed by atoms with van der Waals surface area (Å²) in [4.78, 5) is 22.4. The Morgan fingerprint density at radius 2 is 1.73 bits per heavy atom. The van der Waals surface area contributed by atoms with Crippen LogP contribution < -0.4 is 0 Å². The number of carbonyl (C=O) groups is 2. The van der Waals surface area contributed by atoms with Crippen LogP contribution in [0.15, 0.2) is 52.9 Å². The second-order valence-electron chi connectivity index (χ2n) is 4.74. The fraction of sp³-hybridized carbons (Fsp3) is 0.0588. The van der Waals surface area contributed by atoms with Crippen molar-refractivity contribution in [1.82, 2.24) is 0 Å². The van der Waals surface area contributed by atoms with E-state index in [0.29, 0.717) is 11.3 Å². The minimum atomic E-state index is -1.10. The first kappa shape index (κ1) is 13.9. The molecule has 5 heteroatoms. The van der Waals surface area contributed by atoms with Crippen LogP contribution in [0.5, 0.6) is 0 Å². The highest BCUT2D eigenvalue weighted by molar-refractivity contribution is 5.96. The zero-order chi connectivity index (χ0) is 15.7. The molecule has 0 fully saturated rings. The SMILES string of the molecule is COC(=O)c1ccc2cc(-c3ccc(C(=O)O)o3)ccc2c1. The zero-order valence-corrected chi connectivity index (χ0v) is 11.7. The van der Waals surface area contributed by atoms with Crippen molar-refractivity contribution < 1.29 is 23.8 Å². The van der Waals surface area contributed by atoms with Crippen LogP contribution in [-0.4, -0.2) is 24.2 Å². The van der Waals surface area contributed by atoms with Crippen molar-refractivity contribution in [1.29, 1.82) is 0 Å². The van der Waals surface area contributed by atoms with Gasteiger partial charge in [-0.15, -0.1) is 0 Å². The number of rotatable bonds is 3. The molecule has 0 radical (unpaired) electrons. The molecule has 110 valence electrons. The Morgan fingerprint density at radius 3 is 2.41 bits per heavy atom. The Balaban J connectivity index is 2.02. The van der Waals surface area contributed by atoms with Gasteiger partial charge in [0.2, 0.25) is 5.76 Å². The highest BCUT2D eigenvalue weighted by Crippen LogP contribution is 2.27. The van der Waals surface area contributed by atoms with E-state index in [9.17, 15) is 9.59 Å². The highest BCUT2D eigenvalue weighted by atomic mass is 16.5. The van der Waals surface area contributed by atoms with Crippen molar-refractivity contribution in [2.45, 2.75) is 0 Å². The Labute approximate surface area is 125 Å². The molecule has 2 aromatic carbocycles. The molecule has 0 unspecified atom stereocenters. The first-order valence-electron chi connectivity index (χ1n) is 6.54. The number of esters is 1. The van der Waals surface area contributed by atoms with E-state index in [1.807, 2.05) is 24.3 Å². The van der Waals surface area contributed by atoms with Crippen molar-refractivity contribution in [2.24, 2.45) is 0 Å². The molecule has 0 saturated heterocycles. The summed E-state index contributed by atoms with van der Waals surface area (Å²) >= 11 is 0. The number of hydrogen-bond donors (Lipinski definition) is 1. The normalized spacial score (nSPS) is 10.6. The van der Waals surface area contributed by atoms with E-state index >= 15 is 0 Å². The smallest absolute Gasteiger partial charge is 0.371 e. The lowest BCUT2D eigenvalue weighted by atomic mass is 10.0. The van der Waals surface area contributed by atoms with E-state index in [4.69, 9.17) is 14.3 Å². The van der Waals surface area contributed by atoms with Gasteiger partial charge in [0, 0.05) is 5.56 Å². The van der Waals surface area contributed by atoms with Crippen molar-refractivity contribution in [3.05, 3.63) is 59.9 Å². The Morgan fingerprint density at radius 1 is 1.00 bits per heavy atom. The van der Waals surface area contributed by atoms with Crippen molar-refractivity contribution in [2.75, 3.05) is 7.11 Å². The number of methoxy groups -OCH3 is 1. The van der Waals surface area contributed by atoms with Crippen LogP contribution in [0.4, 0.5) is 0 Å². The molecule has 3 aromatic rings. The summed E-state index contributed by atoms with van der Waals surface area (Å²) in [6, 6.07) is 13.8. The largest absolute Gasteiger partial charge is 0.475 e. The summed E-state index contributed by atoms with van der Waals surface area (Å²) in [6.45, 7) is 0. The predicted octanol–water partition coefficient (Wildman–Crippen LogP) is 3.58. The van der Waals surface area contributed by atoms with Crippen molar-refractivity contribution in [3.63, 3.8) is 0 Å². The van der Waals surface area contributed by atoms with Gasteiger partial charge in [0.1, 0.15) is 5.76 Å². The molecule has 0 spiro atoms. The van der Waals surface area contributed by atoms with E-state index in [2.05, 4.69) is 0 Å². The summed E-state index contributed by atoms with van der Waals surface area (Å²) in [5.74, 6) is -1.11. The summed E-state index contributed by atoms with van der Waals surface area (Å²) < 4.78 is 9.98. The summed E-state index contributed by atoms with van der Waals surface area (Å²) in [7, 11) is 1.34. The number of ether oxygens (including phenoxy) is 1. The van der Waals surface area contributed by atoms with Crippen LogP contribution >= 0.6 is 0 Å². The quantitative estimate of drug-likeness (QED) is 0.747. The van der Waals surface area contributed by atoms with Crippen LogP contribution in [0.2, 0.25) is 0 Å². The fourth-order valence-corrected chi connectivity index (χ4v) is 2.25. The summed E-state index contributed by atoms with van der Waals surface area (Å²) in [6.07, 6.45) is 0. The Hall–Kier alpha value is -3.08. The average Bonchev–Trinajstić information content (AvgIpc) is 3.03. The average molecular weight is 296 g/mol. The molecule has 0 aliphatic carbocycles. The maximum atomic E-state index is 11.5. The number of fused-ring (bicyclic) bond motifs is 1. The molecule has 0 amide bonds. The molecule has 0 atom stereocenters. The van der Waals surface area contributed by atoms with E-state index in [1.165, 1.54) is 13.2 Å². The predicted molar refractivity (Wildman–Crippen MR) is 79.9 cm³/mol. The van der Waals surface area contributed by atoms with Gasteiger partial charge in [-0.25, -0.2) is 9.59 Å². The second kappa shape index (κ2) is 5.37. The van der Waals surface area contributed by atoms with Crippen LogP contribution in [0.3, 0.4) is 0 Å². The highest BCUT2D eigenvalue weighted by Gasteiger charge is 2.11. The molecule has 0 aliphatic heterocycles. The molecule has 3 rings (SSSR count). The second-order valence-corrected chi connectivity index (χ2v) is 4.74. The summed E-state index contributed by atoms with van der Waals surface area (Å²) in [5, 5.41) is 10.7. The molecular weight excluding hydrogens is 284 g/mol. The molecule has 1 aromatic heterocycles. The van der Waals surface area contributed by atoms with Crippen molar-refractivity contribution in [3.8, 4) is 11.3 Å². The van der Waals surface area contributed by atoms with Crippen LogP contribution in [-0.2, 0) is 4.74 Å². The molecular formula is C17H12O5. The minimum Gasteiger partial charge on any atom is -0.475 e. The molecule has 5 nitrogen and oxygen atoms in total. The maximum absolute atomic E-state index is 11.5. The van der Waals surface area contributed by atoms with Gasteiger partial charge in [0.25, 0.3) is 0 Å². The molecule has 22 heavy (non-hydrogen) atoms. The fourth-order valence-electron chi connectivity index (χ4n) is 2.25. The lowest BCUT2D eigenvalue weighted by Gasteiger charge is -2.04. The van der Waals surface area contributed by atoms with Gasteiger partial charge < -0.3 is 14.3 Å². The lowest BCUT2D eigenvalue weighted by molar-refractivity contribution is 0.0599. The van der Waals surface area contributed by atoms with Gasteiger partial charge in [-0.1, -0.05) is 18.2 Å². The van der Waals surface area contributed by atoms with Crippen LogP contribution in [0.1, 0.15) is 20.9 Å². The molecule has 0 saturated carbocycles. The van der Waals surface area contributed by atoms with Gasteiger partial charge >= 0.3 is 11.9 Å². The number of carboxylic acid groups (broad SMARTS) is 1. The molecule has 0 bridgehead atoms. The topological polar surface area (TPSA) is 76.7 Å². The van der Waals surface area contributed by atoms with Crippen molar-refractivity contribution >= 4 is 22.7 Å². The Bertz CT molecular complexity index is 876. The zero-order valence-electron chi connectivity index (χ0n) is 11.7. The van der Waals surface area contributed by atoms with Crippen LogP contribution in [0, 0.1) is 0 Å². The van der Waals surface area contributed by atoms with Gasteiger partial charge in [-0.3, -0.25) is 0 Å². The monoisotopic (exact) mass is 296 g/mol. The van der Waals surface area contributed by atoms with E-state index in [1.54, 1.807) is 18.2 Å². The Kier molecular flexibility index (Phi) is 3.39. The maximum Gasteiger partial charge on any atom is 0.371 e. The third-order valence-electron chi connectivity index (χ3n) is 3.36. The third-order valence-corrected chi connectivity index (χ3v) is 3.36. The molecule has 1 heterocycles. The standard InChI is InChI=1S/C17H12O5/c1-21-17(20)13-5-3-10-8-12(4-2-11(10)9-13)14-6-7-15(22-14)16(18)19/h2-9H,1H3,(H,18,19). The van der Waals surface area contributed by atoms with E-state index in [-0.39, 0.29) is 11.7 Å². The number of benzene rings is 2. The first-order valence-corrected chi connectivity index (χ1v) is 6.54. The van der Waals surface area contributed by atoms with Gasteiger partial charge in [-0.2, -0.15) is 0 Å². The third kappa shape index (κ3) is 2.44. The number of carbonyl (C=O) groups excluding carboxylic acids is 1. The van der Waals surface area contributed by atoms with Crippen LogP contribution in [0.25, 0.3) is 22.1 Å². The summed E-state index contributed by atoms with van der Waals surface area (Å²) in [5.41, 5.74) is 1.25. The van der Waals surface area contributed by atoms with Gasteiger partial charge in [-0.05, 0) is 41.1 Å².